The first-order chi connectivity index (χ1) is 53.8. The molecule has 0 aromatic heterocycles. The molecule has 12 N–H and O–H groups in total. The standard InChI is InChI=1S/C91H173NO18/c1-3-5-7-9-11-13-15-17-19-21-23-25-27-29-31-33-35-37-39-41-43-45-47-49-51-53-55-57-59-61-63-65-67-69-79(97)92-74(75(96)68-66-64-62-60-58-56-54-52-50-48-46-44-42-40-38-36-34-32-30-28-26-24-22-20-18-16-14-12-10-8-6-4-2)73-105-89-85(103)82(100)87(77(71-94)107-89)110-91-86(104)83(101)88(78(72-95)108-91)109-90-84(102)81(99)80(98)76(70-93)106-90/h21,23,66,68,74-78,80-91,93-96,98-104H,3-20,22,24-65,67,69-73H2,1-2H3,(H,92,97)/b23-21-,68-66+. The van der Waals surface area contributed by atoms with Gasteiger partial charge in [0.2, 0.25) is 5.91 Å². The van der Waals surface area contributed by atoms with Gasteiger partial charge < -0.3 is 89.9 Å². The van der Waals surface area contributed by atoms with Gasteiger partial charge >= 0.3 is 0 Å². The fourth-order valence-corrected chi connectivity index (χ4v) is 16.1. The van der Waals surface area contributed by atoms with Crippen molar-refractivity contribution < 1.29 is 89.4 Å². The first-order valence-electron chi connectivity index (χ1n) is 46.6. The summed E-state index contributed by atoms with van der Waals surface area (Å²) in [6.45, 7) is 1.82. The molecule has 0 aromatic carbocycles. The molecule has 0 bridgehead atoms. The predicted octanol–water partition coefficient (Wildman–Crippen LogP) is 18.0. The van der Waals surface area contributed by atoms with E-state index in [1.165, 1.54) is 347 Å². The van der Waals surface area contributed by atoms with Gasteiger partial charge in [-0.05, 0) is 44.9 Å². The smallest absolute Gasteiger partial charge is 0.220 e. The van der Waals surface area contributed by atoms with Crippen LogP contribution in [0.5, 0.6) is 0 Å². The summed E-state index contributed by atoms with van der Waals surface area (Å²) in [5, 5.41) is 121. The molecule has 3 saturated heterocycles. The zero-order chi connectivity index (χ0) is 79.5. The summed E-state index contributed by atoms with van der Waals surface area (Å²) in [6, 6.07) is -0.973. The van der Waals surface area contributed by atoms with Crippen molar-refractivity contribution in [2.45, 2.75) is 523 Å². The van der Waals surface area contributed by atoms with E-state index in [2.05, 4.69) is 31.3 Å². The number of aliphatic hydroxyl groups is 11. The number of carbonyl (C=O) groups excluding carboxylic acids is 1. The van der Waals surface area contributed by atoms with Crippen LogP contribution in [0.25, 0.3) is 0 Å². The molecule has 110 heavy (non-hydrogen) atoms. The van der Waals surface area contributed by atoms with Crippen molar-refractivity contribution in [2.24, 2.45) is 0 Å². The van der Waals surface area contributed by atoms with Crippen LogP contribution in [0.1, 0.15) is 418 Å². The molecule has 17 atom stereocenters. The molecule has 3 heterocycles. The molecule has 0 spiro atoms. The Bertz CT molecular complexity index is 2070. The molecule has 3 fully saturated rings. The van der Waals surface area contributed by atoms with Crippen molar-refractivity contribution in [2.75, 3.05) is 26.4 Å². The van der Waals surface area contributed by atoms with E-state index in [0.717, 1.165) is 44.9 Å². The summed E-state index contributed by atoms with van der Waals surface area (Å²) in [5.74, 6) is -0.266. The summed E-state index contributed by atoms with van der Waals surface area (Å²) in [6.07, 6.45) is 63.4. The van der Waals surface area contributed by atoms with Crippen molar-refractivity contribution in [3.05, 3.63) is 24.3 Å². The normalized spacial score (nSPS) is 25.2. The number of ether oxygens (including phenoxy) is 6. The topological polar surface area (TPSA) is 307 Å². The first-order valence-corrected chi connectivity index (χ1v) is 46.6. The van der Waals surface area contributed by atoms with Crippen LogP contribution in [0.4, 0.5) is 0 Å². The van der Waals surface area contributed by atoms with Crippen molar-refractivity contribution in [1.82, 2.24) is 5.32 Å². The van der Waals surface area contributed by atoms with Crippen LogP contribution >= 0.6 is 0 Å². The second kappa shape index (κ2) is 71.4. The maximum Gasteiger partial charge on any atom is 0.220 e. The molecule has 0 saturated carbocycles. The summed E-state index contributed by atoms with van der Waals surface area (Å²) < 4.78 is 34.6. The van der Waals surface area contributed by atoms with Crippen LogP contribution in [0.3, 0.4) is 0 Å². The Hall–Kier alpha value is -1.73. The minimum Gasteiger partial charge on any atom is -0.394 e. The minimum absolute atomic E-state index is 0.249. The average Bonchev–Trinajstić information content (AvgIpc) is 0.780. The second-order valence-electron chi connectivity index (χ2n) is 33.5. The van der Waals surface area contributed by atoms with Crippen LogP contribution in [0.15, 0.2) is 24.3 Å². The fraction of sp³-hybridized carbons (Fsp3) is 0.945. The molecule has 0 aliphatic carbocycles. The maximum absolute atomic E-state index is 13.5. The largest absolute Gasteiger partial charge is 0.394 e. The van der Waals surface area contributed by atoms with Gasteiger partial charge in [-0.1, -0.05) is 391 Å². The Morgan fingerprint density at radius 3 is 0.882 bits per heavy atom. The number of hydrogen-bond donors (Lipinski definition) is 12. The number of rotatable bonds is 77. The summed E-state index contributed by atoms with van der Waals surface area (Å²) in [4.78, 5) is 13.5. The molecular weight excluding hydrogens is 1390 g/mol. The SMILES string of the molecule is CCCCCCCCCC/C=C\CCCCCCCCCCCCCCCCCCCCCCCC(=O)NC(COC1OC(CO)C(OC2OC(CO)C(OC3OC(CO)C(O)C(O)C3O)C(O)C2O)C(O)C1O)C(O)/C=C/CCCCCCCCCCCCCCCCCCCCCCCCCCCCCCCC. The first kappa shape index (κ1) is 102. The minimum atomic E-state index is -1.98. The van der Waals surface area contributed by atoms with Crippen LogP contribution in [-0.4, -0.2) is 193 Å². The number of hydrogen-bond acceptors (Lipinski definition) is 18. The Labute approximate surface area is 670 Å². The predicted molar refractivity (Wildman–Crippen MR) is 443 cm³/mol. The molecule has 17 unspecified atom stereocenters. The quantitative estimate of drug-likeness (QED) is 0.0199. The number of amides is 1. The third kappa shape index (κ3) is 49.5. The maximum atomic E-state index is 13.5. The third-order valence-electron chi connectivity index (χ3n) is 23.5. The van der Waals surface area contributed by atoms with E-state index in [1.54, 1.807) is 6.08 Å². The van der Waals surface area contributed by atoms with Gasteiger partial charge in [0.15, 0.2) is 18.9 Å². The highest BCUT2D eigenvalue weighted by atomic mass is 16.8. The van der Waals surface area contributed by atoms with Crippen LogP contribution in [0.2, 0.25) is 0 Å². The third-order valence-corrected chi connectivity index (χ3v) is 23.5. The van der Waals surface area contributed by atoms with Gasteiger partial charge in [0.25, 0.3) is 0 Å². The molecule has 0 radical (unpaired) electrons. The van der Waals surface area contributed by atoms with Crippen molar-refractivity contribution >= 4 is 5.91 Å². The van der Waals surface area contributed by atoms with Gasteiger partial charge in [-0.3, -0.25) is 4.79 Å². The average molecular weight is 1570 g/mol. The van der Waals surface area contributed by atoms with E-state index in [0.29, 0.717) is 6.42 Å². The lowest BCUT2D eigenvalue weighted by Crippen LogP contribution is -2.66. The lowest BCUT2D eigenvalue weighted by molar-refractivity contribution is -0.379. The van der Waals surface area contributed by atoms with E-state index in [-0.39, 0.29) is 18.9 Å². The second-order valence-corrected chi connectivity index (χ2v) is 33.5. The summed E-state index contributed by atoms with van der Waals surface area (Å²) in [7, 11) is 0. The summed E-state index contributed by atoms with van der Waals surface area (Å²) >= 11 is 0. The van der Waals surface area contributed by atoms with Crippen LogP contribution in [-0.2, 0) is 33.2 Å². The number of allylic oxidation sites excluding steroid dienone is 3. The Morgan fingerprint density at radius 1 is 0.318 bits per heavy atom. The molecule has 19 nitrogen and oxygen atoms in total. The molecule has 650 valence electrons. The van der Waals surface area contributed by atoms with Gasteiger partial charge in [-0.2, -0.15) is 0 Å². The summed E-state index contributed by atoms with van der Waals surface area (Å²) in [5.41, 5.74) is 0. The van der Waals surface area contributed by atoms with E-state index in [4.69, 9.17) is 28.4 Å². The zero-order valence-electron chi connectivity index (χ0n) is 70.3. The zero-order valence-corrected chi connectivity index (χ0v) is 70.3. The highest BCUT2D eigenvalue weighted by Crippen LogP contribution is 2.34. The number of unbranched alkanes of at least 4 members (excludes halogenated alkanes) is 59. The fourth-order valence-electron chi connectivity index (χ4n) is 16.1. The molecule has 3 aliphatic heterocycles. The highest BCUT2D eigenvalue weighted by molar-refractivity contribution is 5.76. The van der Waals surface area contributed by atoms with Gasteiger partial charge in [0, 0.05) is 6.42 Å². The molecule has 0 aromatic rings. The highest BCUT2D eigenvalue weighted by Gasteiger charge is 2.54. The van der Waals surface area contributed by atoms with Crippen molar-refractivity contribution in [1.29, 1.82) is 0 Å². The van der Waals surface area contributed by atoms with Gasteiger partial charge in [-0.15, -0.1) is 0 Å². The number of aliphatic hydroxyl groups excluding tert-OH is 11. The monoisotopic (exact) mass is 1570 g/mol. The van der Waals surface area contributed by atoms with Crippen LogP contribution in [0, 0.1) is 0 Å². The molecule has 19 heteroatoms. The van der Waals surface area contributed by atoms with E-state index in [1.807, 2.05) is 6.08 Å². The number of carbonyl (C=O) groups is 1. The Balaban J connectivity index is 1.32. The Kier molecular flexibility index (Phi) is 66.5. The lowest BCUT2D eigenvalue weighted by Gasteiger charge is -2.48. The molecule has 3 aliphatic rings. The van der Waals surface area contributed by atoms with Crippen molar-refractivity contribution in [3.8, 4) is 0 Å². The van der Waals surface area contributed by atoms with E-state index >= 15 is 0 Å². The van der Waals surface area contributed by atoms with Gasteiger partial charge in [0.1, 0.15) is 73.2 Å². The Morgan fingerprint density at radius 2 is 0.573 bits per heavy atom. The van der Waals surface area contributed by atoms with E-state index in [9.17, 15) is 61.0 Å². The van der Waals surface area contributed by atoms with Crippen LogP contribution < -0.4 is 5.32 Å². The lowest BCUT2D eigenvalue weighted by atomic mass is 9.96. The van der Waals surface area contributed by atoms with Gasteiger partial charge in [0.05, 0.1) is 38.6 Å². The van der Waals surface area contributed by atoms with E-state index < -0.39 is 124 Å². The molecular formula is C91H173NO18. The number of nitrogens with one attached hydrogen (secondary N) is 1. The van der Waals surface area contributed by atoms with Gasteiger partial charge in [-0.25, -0.2) is 0 Å². The van der Waals surface area contributed by atoms with Crippen molar-refractivity contribution in [3.63, 3.8) is 0 Å². The molecule has 3 rings (SSSR count). The molecule has 1 amide bonds.